The van der Waals surface area contributed by atoms with E-state index in [1.165, 1.54) is 6.07 Å². The highest BCUT2D eigenvalue weighted by atomic mass is 79.9. The fourth-order valence-corrected chi connectivity index (χ4v) is 2.19. The molecule has 1 aliphatic rings. The third-order valence-corrected chi connectivity index (χ3v) is 3.16. The predicted octanol–water partition coefficient (Wildman–Crippen LogP) is 1.68. The van der Waals surface area contributed by atoms with Gasteiger partial charge in [-0.1, -0.05) is 6.07 Å². The van der Waals surface area contributed by atoms with E-state index in [1.807, 2.05) is 0 Å². The smallest absolute Gasteiger partial charge is 0.225 e. The number of nitrogens with zero attached hydrogens (tertiary/aromatic N) is 1. The van der Waals surface area contributed by atoms with E-state index in [4.69, 9.17) is 0 Å². The lowest BCUT2D eigenvalue weighted by atomic mass is 10.2. The van der Waals surface area contributed by atoms with Gasteiger partial charge in [0.2, 0.25) is 5.91 Å². The lowest BCUT2D eigenvalue weighted by Crippen LogP contribution is -2.25. The van der Waals surface area contributed by atoms with E-state index in [0.29, 0.717) is 17.6 Å². The number of β-amino-alcohol motifs (C(OH)–C–C–N with tert-alkyl or cyclic N) is 1. The number of benzene rings is 1. The molecule has 1 amide bonds. The Hall–Kier alpha value is -0.940. The molecule has 16 heavy (non-hydrogen) atoms. The lowest BCUT2D eigenvalue weighted by molar-refractivity contribution is -0.128. The molecule has 1 saturated heterocycles. The summed E-state index contributed by atoms with van der Waals surface area (Å²) in [5.74, 6) is -0.385. The Balaban J connectivity index is 2.09. The minimum Gasteiger partial charge on any atom is -0.391 e. The second-order valence-corrected chi connectivity index (χ2v) is 4.74. The quantitative estimate of drug-likeness (QED) is 0.899. The standard InChI is InChI=1S/C11H11BrFNO2/c12-9-3-7(1-2-10(9)13)5-14-6-8(15)4-11(14)16/h1-3,8,15H,4-6H2. The maximum Gasteiger partial charge on any atom is 0.225 e. The van der Waals surface area contributed by atoms with Crippen LogP contribution in [-0.4, -0.2) is 28.6 Å². The molecule has 1 aromatic carbocycles. The third-order valence-electron chi connectivity index (χ3n) is 2.55. The van der Waals surface area contributed by atoms with Gasteiger partial charge < -0.3 is 10.0 Å². The zero-order valence-corrected chi connectivity index (χ0v) is 10.1. The molecule has 0 saturated carbocycles. The highest BCUT2D eigenvalue weighted by Gasteiger charge is 2.27. The first-order valence-electron chi connectivity index (χ1n) is 4.96. The highest BCUT2D eigenvalue weighted by molar-refractivity contribution is 9.10. The third kappa shape index (κ3) is 2.41. The second kappa shape index (κ2) is 4.51. The van der Waals surface area contributed by atoms with Crippen molar-refractivity contribution < 1.29 is 14.3 Å². The number of halogens is 2. The van der Waals surface area contributed by atoms with Gasteiger partial charge in [-0.3, -0.25) is 4.79 Å². The van der Waals surface area contributed by atoms with Crippen LogP contribution in [0.2, 0.25) is 0 Å². The zero-order valence-electron chi connectivity index (χ0n) is 8.49. The summed E-state index contributed by atoms with van der Waals surface area (Å²) in [7, 11) is 0. The molecule has 0 aliphatic carbocycles. The average Bonchev–Trinajstić information content (AvgIpc) is 2.51. The van der Waals surface area contributed by atoms with Crippen LogP contribution in [0, 0.1) is 5.82 Å². The molecule has 86 valence electrons. The van der Waals surface area contributed by atoms with Crippen LogP contribution < -0.4 is 0 Å². The second-order valence-electron chi connectivity index (χ2n) is 3.88. The van der Waals surface area contributed by atoms with Gasteiger partial charge in [-0.2, -0.15) is 0 Å². The molecule has 1 heterocycles. The first kappa shape index (κ1) is 11.5. The van der Waals surface area contributed by atoms with Crippen molar-refractivity contribution in [3.63, 3.8) is 0 Å². The molecule has 1 fully saturated rings. The van der Waals surface area contributed by atoms with E-state index in [-0.39, 0.29) is 18.1 Å². The van der Waals surface area contributed by atoms with Crippen molar-refractivity contribution in [2.75, 3.05) is 6.54 Å². The van der Waals surface area contributed by atoms with Crippen LogP contribution in [0.5, 0.6) is 0 Å². The molecular formula is C11H11BrFNO2. The fourth-order valence-electron chi connectivity index (χ4n) is 1.76. The number of likely N-dealkylation sites (tertiary alicyclic amines) is 1. The van der Waals surface area contributed by atoms with E-state index < -0.39 is 6.10 Å². The Labute approximate surface area is 101 Å². The Morgan fingerprint density at radius 2 is 2.31 bits per heavy atom. The van der Waals surface area contributed by atoms with Gasteiger partial charge in [0, 0.05) is 13.1 Å². The van der Waals surface area contributed by atoms with E-state index in [9.17, 15) is 14.3 Å². The molecule has 0 aromatic heterocycles. The largest absolute Gasteiger partial charge is 0.391 e. The van der Waals surface area contributed by atoms with Gasteiger partial charge in [0.05, 0.1) is 17.0 Å². The lowest BCUT2D eigenvalue weighted by Gasteiger charge is -2.15. The van der Waals surface area contributed by atoms with Gasteiger partial charge in [-0.05, 0) is 33.6 Å². The van der Waals surface area contributed by atoms with Crippen LogP contribution in [0.3, 0.4) is 0 Å². The molecule has 3 nitrogen and oxygen atoms in total. The van der Waals surface area contributed by atoms with Crippen LogP contribution in [0.15, 0.2) is 22.7 Å². The van der Waals surface area contributed by atoms with Crippen molar-refractivity contribution in [2.24, 2.45) is 0 Å². The highest BCUT2D eigenvalue weighted by Crippen LogP contribution is 2.20. The summed E-state index contributed by atoms with van der Waals surface area (Å²) in [4.78, 5) is 13.0. The molecule has 0 radical (unpaired) electrons. The van der Waals surface area contributed by atoms with E-state index in [2.05, 4.69) is 15.9 Å². The van der Waals surface area contributed by atoms with Crippen LogP contribution in [0.4, 0.5) is 4.39 Å². The number of hydrogen-bond donors (Lipinski definition) is 1. The Morgan fingerprint density at radius 1 is 1.56 bits per heavy atom. The summed E-state index contributed by atoms with van der Waals surface area (Å²) in [6.07, 6.45) is -0.390. The van der Waals surface area contributed by atoms with Crippen LogP contribution in [-0.2, 0) is 11.3 Å². The molecule has 1 atom stereocenters. The molecule has 1 aliphatic heterocycles. The van der Waals surface area contributed by atoms with Crippen LogP contribution in [0.1, 0.15) is 12.0 Å². The van der Waals surface area contributed by atoms with Crippen molar-refractivity contribution in [1.82, 2.24) is 4.90 Å². The Morgan fingerprint density at radius 3 is 2.88 bits per heavy atom. The van der Waals surface area contributed by atoms with Crippen molar-refractivity contribution in [3.05, 3.63) is 34.1 Å². The van der Waals surface area contributed by atoms with Crippen molar-refractivity contribution in [3.8, 4) is 0 Å². The van der Waals surface area contributed by atoms with Crippen LogP contribution >= 0.6 is 15.9 Å². The fraction of sp³-hybridized carbons (Fsp3) is 0.364. The van der Waals surface area contributed by atoms with Gasteiger partial charge in [0.1, 0.15) is 5.82 Å². The molecule has 1 N–H and O–H groups in total. The Kier molecular flexibility index (Phi) is 3.25. The number of rotatable bonds is 2. The molecule has 1 unspecified atom stereocenters. The SMILES string of the molecule is O=C1CC(O)CN1Cc1ccc(F)c(Br)c1. The normalized spacial score (nSPS) is 20.6. The monoisotopic (exact) mass is 287 g/mol. The molecule has 1 aromatic rings. The van der Waals surface area contributed by atoms with Gasteiger partial charge in [0.15, 0.2) is 0 Å². The minimum absolute atomic E-state index is 0.0621. The molecule has 0 spiro atoms. The van der Waals surface area contributed by atoms with Crippen LogP contribution in [0.25, 0.3) is 0 Å². The summed E-state index contributed by atoms with van der Waals surface area (Å²) >= 11 is 3.09. The van der Waals surface area contributed by atoms with Gasteiger partial charge in [-0.15, -0.1) is 0 Å². The van der Waals surface area contributed by atoms with E-state index >= 15 is 0 Å². The number of amides is 1. The number of hydrogen-bond acceptors (Lipinski definition) is 2. The molecule has 5 heteroatoms. The van der Waals surface area contributed by atoms with E-state index in [1.54, 1.807) is 17.0 Å². The molecule has 0 bridgehead atoms. The number of carbonyl (C=O) groups excluding carboxylic acids is 1. The molecular weight excluding hydrogens is 277 g/mol. The summed E-state index contributed by atoms with van der Waals surface area (Å²) in [6.45, 7) is 0.766. The Bertz CT molecular complexity index is 424. The topological polar surface area (TPSA) is 40.5 Å². The zero-order chi connectivity index (χ0) is 11.7. The molecule has 2 rings (SSSR count). The minimum atomic E-state index is -0.573. The van der Waals surface area contributed by atoms with E-state index in [0.717, 1.165) is 5.56 Å². The predicted molar refractivity (Wildman–Crippen MR) is 60.1 cm³/mol. The number of carbonyl (C=O) groups is 1. The first-order valence-corrected chi connectivity index (χ1v) is 5.75. The summed E-state index contributed by atoms with van der Waals surface area (Å²) in [5.41, 5.74) is 0.843. The average molecular weight is 288 g/mol. The summed E-state index contributed by atoms with van der Waals surface area (Å²) < 4.78 is 13.4. The van der Waals surface area contributed by atoms with Crippen molar-refractivity contribution in [2.45, 2.75) is 19.1 Å². The number of aliphatic hydroxyl groups is 1. The maximum atomic E-state index is 13.0. The summed E-state index contributed by atoms with van der Waals surface area (Å²) in [5, 5.41) is 9.31. The van der Waals surface area contributed by atoms with Crippen molar-refractivity contribution in [1.29, 1.82) is 0 Å². The summed E-state index contributed by atoms with van der Waals surface area (Å²) in [6, 6.07) is 4.64. The van der Waals surface area contributed by atoms with Crippen molar-refractivity contribution >= 4 is 21.8 Å². The van der Waals surface area contributed by atoms with Gasteiger partial charge in [0.25, 0.3) is 0 Å². The van der Waals surface area contributed by atoms with Gasteiger partial charge in [-0.25, -0.2) is 4.39 Å². The first-order chi connectivity index (χ1) is 7.56. The van der Waals surface area contributed by atoms with Gasteiger partial charge >= 0.3 is 0 Å². The number of aliphatic hydroxyl groups excluding tert-OH is 1. The maximum absolute atomic E-state index is 13.0.